The van der Waals surface area contributed by atoms with Crippen LogP contribution in [0.4, 0.5) is 0 Å². The van der Waals surface area contributed by atoms with Crippen LogP contribution in [0.3, 0.4) is 0 Å². The van der Waals surface area contributed by atoms with Gasteiger partial charge in [-0.3, -0.25) is 19.6 Å². The molecule has 3 saturated heterocycles. The van der Waals surface area contributed by atoms with E-state index in [1.807, 2.05) is 0 Å². The number of carbonyl (C=O) groups is 1. The number of hydrogen-bond acceptors (Lipinski definition) is 5. The molecule has 0 N–H and O–H groups in total. The molecule has 34 heavy (non-hydrogen) atoms. The Labute approximate surface area is 205 Å². The van der Waals surface area contributed by atoms with Crippen LogP contribution in [0.5, 0.6) is 0 Å². The average molecular weight is 461 g/mol. The standard InChI is InChI=1S/C29H40N4O/c34-20-19-31-15-13-30(14-16-31)17-18-33-27-11-12-28(33)22-29(21-27)32(23-25-7-3-1-4-8-25)24-26-9-5-2-6-10-26/h1-10,20,27-29H,11-19,21-24H2. The Kier molecular flexibility index (Phi) is 8.07. The molecule has 0 aromatic heterocycles. The first-order chi connectivity index (χ1) is 16.8. The molecule has 2 atom stereocenters. The average Bonchev–Trinajstić information content (AvgIpc) is 3.11. The highest BCUT2D eigenvalue weighted by Crippen LogP contribution is 2.38. The van der Waals surface area contributed by atoms with Crippen LogP contribution in [0.1, 0.15) is 36.8 Å². The zero-order chi connectivity index (χ0) is 23.2. The summed E-state index contributed by atoms with van der Waals surface area (Å²) in [5.74, 6) is 0. The topological polar surface area (TPSA) is 30.0 Å². The van der Waals surface area contributed by atoms with Gasteiger partial charge in [-0.15, -0.1) is 0 Å². The zero-order valence-electron chi connectivity index (χ0n) is 20.5. The van der Waals surface area contributed by atoms with Gasteiger partial charge in [0, 0.05) is 70.5 Å². The number of rotatable bonds is 10. The monoisotopic (exact) mass is 460 g/mol. The van der Waals surface area contributed by atoms with Gasteiger partial charge in [-0.1, -0.05) is 60.7 Å². The van der Waals surface area contributed by atoms with E-state index in [2.05, 4.69) is 80.3 Å². The molecule has 2 bridgehead atoms. The molecule has 182 valence electrons. The maximum absolute atomic E-state index is 10.8. The Hall–Kier alpha value is -2.05. The van der Waals surface area contributed by atoms with Gasteiger partial charge in [0.15, 0.2) is 0 Å². The first-order valence-corrected chi connectivity index (χ1v) is 13.2. The van der Waals surface area contributed by atoms with Crippen molar-refractivity contribution >= 4 is 6.29 Å². The molecule has 5 rings (SSSR count). The predicted octanol–water partition coefficient (Wildman–Crippen LogP) is 3.50. The van der Waals surface area contributed by atoms with Crippen LogP contribution in [-0.2, 0) is 17.9 Å². The SMILES string of the molecule is O=CCN1CCN(CCN2C3CCC2CC(N(Cc2ccccc2)Cc2ccccc2)C3)CC1. The van der Waals surface area contributed by atoms with Crippen molar-refractivity contribution in [2.45, 2.75) is 56.9 Å². The van der Waals surface area contributed by atoms with E-state index in [1.54, 1.807) is 0 Å². The number of carbonyl (C=O) groups excluding carboxylic acids is 1. The van der Waals surface area contributed by atoms with Gasteiger partial charge in [-0.05, 0) is 36.8 Å². The molecule has 0 radical (unpaired) electrons. The Bertz CT molecular complexity index is 828. The number of fused-ring (bicyclic) bond motifs is 2. The van der Waals surface area contributed by atoms with Crippen LogP contribution in [0, 0.1) is 0 Å². The molecule has 0 spiro atoms. The molecule has 3 aliphatic heterocycles. The minimum atomic E-state index is 0.591. The fraction of sp³-hybridized carbons (Fsp3) is 0.552. The summed E-state index contributed by atoms with van der Waals surface area (Å²) in [5.41, 5.74) is 2.84. The molecule has 0 saturated carbocycles. The lowest BCUT2D eigenvalue weighted by Gasteiger charge is -2.44. The molecule has 0 amide bonds. The Morgan fingerprint density at radius 3 is 1.79 bits per heavy atom. The van der Waals surface area contributed by atoms with Crippen LogP contribution < -0.4 is 0 Å². The summed E-state index contributed by atoms with van der Waals surface area (Å²) in [4.78, 5) is 21.2. The van der Waals surface area contributed by atoms with E-state index >= 15 is 0 Å². The van der Waals surface area contributed by atoms with E-state index in [4.69, 9.17) is 0 Å². The first kappa shape index (κ1) is 23.7. The van der Waals surface area contributed by atoms with Gasteiger partial charge in [0.05, 0.1) is 6.54 Å². The molecular formula is C29H40N4O. The van der Waals surface area contributed by atoms with E-state index in [1.165, 1.54) is 49.9 Å². The fourth-order valence-corrected chi connectivity index (χ4v) is 6.42. The quantitative estimate of drug-likeness (QED) is 0.507. The normalized spacial score (nSPS) is 26.2. The van der Waals surface area contributed by atoms with E-state index in [0.717, 1.165) is 57.6 Å². The third-order valence-electron chi connectivity index (χ3n) is 8.30. The summed E-state index contributed by atoms with van der Waals surface area (Å²) in [7, 11) is 0. The van der Waals surface area contributed by atoms with Crippen molar-refractivity contribution < 1.29 is 4.79 Å². The molecule has 2 aromatic rings. The van der Waals surface area contributed by atoms with Gasteiger partial charge in [0.2, 0.25) is 0 Å². The summed E-state index contributed by atoms with van der Waals surface area (Å²) in [6.07, 6.45) is 6.35. The van der Waals surface area contributed by atoms with Crippen LogP contribution >= 0.6 is 0 Å². The number of aldehydes is 1. The van der Waals surface area contributed by atoms with Crippen molar-refractivity contribution in [1.82, 2.24) is 19.6 Å². The second kappa shape index (κ2) is 11.6. The third-order valence-corrected chi connectivity index (χ3v) is 8.30. The van der Waals surface area contributed by atoms with Crippen molar-refractivity contribution in [2.24, 2.45) is 0 Å². The number of nitrogens with zero attached hydrogens (tertiary/aromatic N) is 4. The maximum Gasteiger partial charge on any atom is 0.133 e. The summed E-state index contributed by atoms with van der Waals surface area (Å²) in [6.45, 7) is 9.29. The second-order valence-corrected chi connectivity index (χ2v) is 10.4. The number of piperazine rings is 1. The fourth-order valence-electron chi connectivity index (χ4n) is 6.42. The molecule has 2 unspecified atom stereocenters. The molecule has 5 heteroatoms. The van der Waals surface area contributed by atoms with Gasteiger partial charge in [0.1, 0.15) is 6.29 Å². The van der Waals surface area contributed by atoms with Gasteiger partial charge in [0.25, 0.3) is 0 Å². The van der Waals surface area contributed by atoms with E-state index in [-0.39, 0.29) is 0 Å². The Balaban J connectivity index is 1.19. The van der Waals surface area contributed by atoms with Crippen molar-refractivity contribution in [3.63, 3.8) is 0 Å². The van der Waals surface area contributed by atoms with Crippen LogP contribution in [-0.4, -0.2) is 89.8 Å². The highest BCUT2D eigenvalue weighted by Gasteiger charge is 2.42. The van der Waals surface area contributed by atoms with Gasteiger partial charge in [-0.25, -0.2) is 0 Å². The number of hydrogen-bond donors (Lipinski definition) is 0. The zero-order valence-corrected chi connectivity index (χ0v) is 20.5. The highest BCUT2D eigenvalue weighted by atomic mass is 16.1. The van der Waals surface area contributed by atoms with Gasteiger partial charge < -0.3 is 4.79 Å². The molecule has 2 aromatic carbocycles. The molecule has 3 fully saturated rings. The van der Waals surface area contributed by atoms with Crippen LogP contribution in [0.2, 0.25) is 0 Å². The minimum absolute atomic E-state index is 0.591. The van der Waals surface area contributed by atoms with Gasteiger partial charge in [-0.2, -0.15) is 0 Å². The lowest BCUT2D eigenvalue weighted by Crippen LogP contribution is -2.53. The molecule has 0 aliphatic carbocycles. The lowest BCUT2D eigenvalue weighted by molar-refractivity contribution is -0.109. The van der Waals surface area contributed by atoms with Crippen molar-refractivity contribution in [2.75, 3.05) is 45.8 Å². The van der Waals surface area contributed by atoms with E-state index in [9.17, 15) is 4.79 Å². The number of piperidine rings is 1. The summed E-state index contributed by atoms with van der Waals surface area (Å²) >= 11 is 0. The second-order valence-electron chi connectivity index (χ2n) is 10.4. The van der Waals surface area contributed by atoms with Crippen molar-refractivity contribution in [3.8, 4) is 0 Å². The van der Waals surface area contributed by atoms with E-state index < -0.39 is 0 Å². The van der Waals surface area contributed by atoms with Crippen molar-refractivity contribution in [3.05, 3.63) is 71.8 Å². The molecule has 3 heterocycles. The molecular weight excluding hydrogens is 420 g/mol. The molecule has 3 aliphatic rings. The summed E-state index contributed by atoms with van der Waals surface area (Å²) in [6, 6.07) is 24.1. The largest absolute Gasteiger partial charge is 0.302 e. The van der Waals surface area contributed by atoms with Gasteiger partial charge >= 0.3 is 0 Å². The maximum atomic E-state index is 10.8. The smallest absolute Gasteiger partial charge is 0.133 e. The summed E-state index contributed by atoms with van der Waals surface area (Å²) < 4.78 is 0. The van der Waals surface area contributed by atoms with Crippen LogP contribution in [0.15, 0.2) is 60.7 Å². The highest BCUT2D eigenvalue weighted by molar-refractivity contribution is 5.51. The number of benzene rings is 2. The first-order valence-electron chi connectivity index (χ1n) is 13.2. The Morgan fingerprint density at radius 2 is 1.26 bits per heavy atom. The third kappa shape index (κ3) is 5.95. The van der Waals surface area contributed by atoms with E-state index in [0.29, 0.717) is 12.6 Å². The lowest BCUT2D eigenvalue weighted by atomic mass is 9.94. The molecule has 5 nitrogen and oxygen atoms in total. The van der Waals surface area contributed by atoms with Crippen LogP contribution in [0.25, 0.3) is 0 Å². The predicted molar refractivity (Wildman–Crippen MR) is 138 cm³/mol. The Morgan fingerprint density at radius 1 is 0.735 bits per heavy atom. The minimum Gasteiger partial charge on any atom is -0.302 e. The van der Waals surface area contributed by atoms with Crippen molar-refractivity contribution in [1.29, 1.82) is 0 Å². The summed E-state index contributed by atoms with van der Waals surface area (Å²) in [5, 5.41) is 0.